The first-order chi connectivity index (χ1) is 9.15. The van der Waals surface area contributed by atoms with Crippen LogP contribution in [0.5, 0.6) is 0 Å². The zero-order valence-electron chi connectivity index (χ0n) is 11.0. The summed E-state index contributed by atoms with van der Waals surface area (Å²) in [7, 11) is 1.25. The van der Waals surface area contributed by atoms with E-state index in [1.165, 1.54) is 7.11 Å². The summed E-state index contributed by atoms with van der Waals surface area (Å²) in [6, 6.07) is 5.78. The Kier molecular flexibility index (Phi) is 4.01. The highest BCUT2D eigenvalue weighted by Crippen LogP contribution is 2.18. The molecule has 6 heteroatoms. The fourth-order valence-electron chi connectivity index (χ4n) is 1.88. The van der Waals surface area contributed by atoms with Crippen LogP contribution in [0.2, 0.25) is 0 Å². The Morgan fingerprint density at radius 2 is 2.37 bits per heavy atom. The fraction of sp³-hybridized carbons (Fsp3) is 0.385. The van der Waals surface area contributed by atoms with Gasteiger partial charge in [0.2, 0.25) is 0 Å². The smallest absolute Gasteiger partial charge is 0.336 e. The van der Waals surface area contributed by atoms with Crippen molar-refractivity contribution in [2.45, 2.75) is 19.6 Å². The summed E-state index contributed by atoms with van der Waals surface area (Å²) in [6.45, 7) is 2.96. The van der Waals surface area contributed by atoms with Crippen LogP contribution in [0.3, 0.4) is 0 Å². The van der Waals surface area contributed by atoms with E-state index in [4.69, 9.17) is 0 Å². The number of benzene rings is 1. The Bertz CT molecular complexity index is 580. The van der Waals surface area contributed by atoms with Gasteiger partial charge in [-0.2, -0.15) is 5.10 Å². The van der Waals surface area contributed by atoms with Gasteiger partial charge in [0.25, 0.3) is 0 Å². The van der Waals surface area contributed by atoms with Gasteiger partial charge in [-0.15, -0.1) is 0 Å². The van der Waals surface area contributed by atoms with E-state index in [1.807, 2.05) is 29.8 Å². The number of rotatable bonds is 5. The van der Waals surface area contributed by atoms with Crippen LogP contribution < -0.4 is 5.32 Å². The van der Waals surface area contributed by atoms with Gasteiger partial charge in [-0.1, -0.05) is 0 Å². The third-order valence-corrected chi connectivity index (χ3v) is 2.91. The fourth-order valence-corrected chi connectivity index (χ4v) is 1.88. The molecule has 2 aromatic rings. The number of hydrogen-bond donors (Lipinski definition) is 2. The number of esters is 1. The maximum Gasteiger partial charge on any atom is 0.336 e. The van der Waals surface area contributed by atoms with Gasteiger partial charge >= 0.3 is 5.97 Å². The molecule has 0 aliphatic carbocycles. The molecule has 1 heterocycles. The predicted molar refractivity (Wildman–Crippen MR) is 71.9 cm³/mol. The minimum Gasteiger partial charge on any atom is -0.467 e. The number of aliphatic hydroxyl groups is 1. The minimum atomic E-state index is -1.17. The molecule has 1 aromatic carbocycles. The lowest BCUT2D eigenvalue weighted by Crippen LogP contribution is -2.29. The number of carbonyl (C=O) groups excluding carboxylic acids is 1. The molecule has 0 amide bonds. The van der Waals surface area contributed by atoms with E-state index < -0.39 is 12.1 Å². The number of nitrogens with one attached hydrogen (secondary N) is 1. The van der Waals surface area contributed by atoms with Gasteiger partial charge in [-0.05, 0) is 25.1 Å². The lowest BCUT2D eigenvalue weighted by Gasteiger charge is -2.11. The van der Waals surface area contributed by atoms with E-state index in [1.54, 1.807) is 6.20 Å². The predicted octanol–water partition coefficient (Wildman–Crippen LogP) is 1.00. The molecule has 19 heavy (non-hydrogen) atoms. The summed E-state index contributed by atoms with van der Waals surface area (Å²) < 4.78 is 6.35. The maximum atomic E-state index is 11.1. The van der Waals surface area contributed by atoms with Crippen molar-refractivity contribution in [3.05, 3.63) is 24.4 Å². The second-order valence-corrected chi connectivity index (χ2v) is 4.15. The highest BCUT2D eigenvalue weighted by molar-refractivity contribution is 5.82. The largest absolute Gasteiger partial charge is 0.467 e. The number of fused-ring (bicyclic) bond motifs is 1. The number of hydrogen-bond acceptors (Lipinski definition) is 5. The molecule has 0 spiro atoms. The Morgan fingerprint density at radius 1 is 1.58 bits per heavy atom. The normalized spacial score (nSPS) is 12.4. The van der Waals surface area contributed by atoms with Gasteiger partial charge in [-0.3, -0.25) is 4.68 Å². The molecule has 0 saturated carbocycles. The Labute approximate surface area is 111 Å². The van der Waals surface area contributed by atoms with Crippen LogP contribution >= 0.6 is 0 Å². The number of anilines is 1. The monoisotopic (exact) mass is 263 g/mol. The number of ether oxygens (including phenoxy) is 1. The standard InChI is InChI=1S/C13H17N3O3/c1-3-16-11-5-4-10(6-9(11)7-15-16)14-8-12(17)13(18)19-2/h4-7,12,14,17H,3,8H2,1-2H3/t12-/m1/s1. The molecule has 1 atom stereocenters. The van der Waals surface area contributed by atoms with Crippen LogP contribution in [0, 0.1) is 0 Å². The van der Waals surface area contributed by atoms with Crippen molar-refractivity contribution in [3.63, 3.8) is 0 Å². The average molecular weight is 263 g/mol. The quantitative estimate of drug-likeness (QED) is 0.787. The third kappa shape index (κ3) is 2.85. The lowest BCUT2D eigenvalue weighted by molar-refractivity contribution is -0.149. The molecule has 2 rings (SSSR count). The summed E-state index contributed by atoms with van der Waals surface area (Å²) >= 11 is 0. The van der Waals surface area contributed by atoms with Crippen molar-refractivity contribution in [1.82, 2.24) is 9.78 Å². The van der Waals surface area contributed by atoms with Crippen molar-refractivity contribution in [1.29, 1.82) is 0 Å². The first-order valence-electron chi connectivity index (χ1n) is 6.11. The van der Waals surface area contributed by atoms with E-state index in [2.05, 4.69) is 15.2 Å². The van der Waals surface area contributed by atoms with E-state index in [0.29, 0.717) is 0 Å². The average Bonchev–Trinajstić information content (AvgIpc) is 2.85. The highest BCUT2D eigenvalue weighted by atomic mass is 16.5. The summed E-state index contributed by atoms with van der Waals surface area (Å²) in [5, 5.41) is 17.7. The van der Waals surface area contributed by atoms with Crippen LogP contribution in [0.4, 0.5) is 5.69 Å². The summed E-state index contributed by atoms with van der Waals surface area (Å²) in [5.74, 6) is -0.646. The van der Waals surface area contributed by atoms with Crippen LogP contribution in [0.25, 0.3) is 10.9 Å². The Balaban J connectivity index is 2.07. The van der Waals surface area contributed by atoms with E-state index >= 15 is 0 Å². The zero-order valence-corrected chi connectivity index (χ0v) is 11.0. The van der Waals surface area contributed by atoms with E-state index in [-0.39, 0.29) is 6.54 Å². The summed E-state index contributed by atoms with van der Waals surface area (Å²) in [5.41, 5.74) is 1.88. The maximum absolute atomic E-state index is 11.1. The minimum absolute atomic E-state index is 0.111. The van der Waals surface area contributed by atoms with Gasteiger partial charge < -0.3 is 15.2 Å². The lowest BCUT2D eigenvalue weighted by atomic mass is 10.2. The second kappa shape index (κ2) is 5.71. The number of aryl methyl sites for hydroxylation is 1. The molecule has 6 nitrogen and oxygen atoms in total. The molecule has 0 fully saturated rings. The number of aromatic nitrogens is 2. The van der Waals surface area contributed by atoms with Crippen LogP contribution in [-0.4, -0.2) is 40.6 Å². The topological polar surface area (TPSA) is 76.4 Å². The molecule has 0 aliphatic heterocycles. The third-order valence-electron chi connectivity index (χ3n) is 2.91. The Hall–Kier alpha value is -2.08. The number of carbonyl (C=O) groups is 1. The van der Waals surface area contributed by atoms with Crippen molar-refractivity contribution in [2.75, 3.05) is 19.0 Å². The summed E-state index contributed by atoms with van der Waals surface area (Å²) in [6.07, 6.45) is 0.625. The molecule has 0 radical (unpaired) electrons. The SMILES string of the molecule is CCn1ncc2cc(NC[C@@H](O)C(=O)OC)ccc21. The molecule has 0 aliphatic rings. The molecule has 0 saturated heterocycles. The second-order valence-electron chi connectivity index (χ2n) is 4.15. The van der Waals surface area contributed by atoms with Gasteiger partial charge in [0.1, 0.15) is 0 Å². The van der Waals surface area contributed by atoms with Gasteiger partial charge in [0, 0.05) is 17.6 Å². The van der Waals surface area contributed by atoms with Gasteiger partial charge in [0.15, 0.2) is 6.10 Å². The van der Waals surface area contributed by atoms with Crippen LogP contribution in [0.15, 0.2) is 24.4 Å². The number of aliphatic hydroxyl groups excluding tert-OH is 1. The van der Waals surface area contributed by atoms with Crippen molar-refractivity contribution in [3.8, 4) is 0 Å². The van der Waals surface area contributed by atoms with Gasteiger partial charge in [-0.25, -0.2) is 4.79 Å². The van der Waals surface area contributed by atoms with Crippen LogP contribution in [-0.2, 0) is 16.1 Å². The first kappa shape index (κ1) is 13.4. The van der Waals surface area contributed by atoms with Crippen LogP contribution in [0.1, 0.15) is 6.92 Å². The zero-order chi connectivity index (χ0) is 13.8. The first-order valence-corrected chi connectivity index (χ1v) is 6.11. The molecular formula is C13H17N3O3. The Morgan fingerprint density at radius 3 is 3.05 bits per heavy atom. The van der Waals surface area contributed by atoms with Crippen molar-refractivity contribution >= 4 is 22.6 Å². The van der Waals surface area contributed by atoms with E-state index in [9.17, 15) is 9.90 Å². The molecule has 0 bridgehead atoms. The van der Waals surface area contributed by atoms with Crippen molar-refractivity contribution < 1.29 is 14.6 Å². The molecule has 1 aromatic heterocycles. The van der Waals surface area contributed by atoms with Gasteiger partial charge in [0.05, 0.1) is 25.4 Å². The number of nitrogens with zero attached hydrogens (tertiary/aromatic N) is 2. The van der Waals surface area contributed by atoms with Crippen molar-refractivity contribution in [2.24, 2.45) is 0 Å². The number of methoxy groups -OCH3 is 1. The molecule has 102 valence electrons. The molecule has 2 N–H and O–H groups in total. The highest BCUT2D eigenvalue weighted by Gasteiger charge is 2.14. The molecule has 0 unspecified atom stereocenters. The summed E-state index contributed by atoms with van der Waals surface area (Å²) in [4.78, 5) is 11.1. The molecular weight excluding hydrogens is 246 g/mol. The van der Waals surface area contributed by atoms with E-state index in [0.717, 1.165) is 23.1 Å².